The van der Waals surface area contributed by atoms with Crippen LogP contribution in [-0.2, 0) is 0 Å². The summed E-state index contributed by atoms with van der Waals surface area (Å²) in [6, 6.07) is 9.57. The van der Waals surface area contributed by atoms with E-state index in [4.69, 9.17) is 0 Å². The summed E-state index contributed by atoms with van der Waals surface area (Å²) < 4.78 is 0. The Labute approximate surface area is 96.0 Å². The summed E-state index contributed by atoms with van der Waals surface area (Å²) in [6.07, 6.45) is 3.49. The van der Waals surface area contributed by atoms with Crippen LogP contribution >= 0.6 is 0 Å². The molecule has 2 heterocycles. The molecule has 1 N–H and O–H groups in total. The highest BCUT2D eigenvalue weighted by Gasteiger charge is 2.20. The molecule has 0 unspecified atom stereocenters. The zero-order chi connectivity index (χ0) is 11.6. The van der Waals surface area contributed by atoms with Crippen molar-refractivity contribution < 1.29 is 4.80 Å². The average Bonchev–Trinajstić information content (AvgIpc) is 2.29. The number of rotatable bonds is 2. The van der Waals surface area contributed by atoms with Crippen molar-refractivity contribution in [1.29, 1.82) is 0 Å². The quantitative estimate of drug-likeness (QED) is 0.796. The lowest BCUT2D eigenvalue weighted by Crippen LogP contribution is -2.41. The first-order valence-electron chi connectivity index (χ1n) is 5.18. The molecule has 4 heteroatoms. The van der Waals surface area contributed by atoms with E-state index in [9.17, 15) is 4.80 Å². The Morgan fingerprint density at radius 3 is 2.25 bits per heavy atom. The Morgan fingerprint density at radius 2 is 1.75 bits per heavy atom. The van der Waals surface area contributed by atoms with Crippen LogP contribution in [0.4, 0.5) is 0 Å². The number of hydrogen-bond acceptors (Lipinski definition) is 3. The number of hydrogen-bond donors (Lipinski definition) is 1. The second-order valence-corrected chi connectivity index (χ2v) is 7.90. The van der Waals surface area contributed by atoms with E-state index in [2.05, 4.69) is 9.97 Å². The van der Waals surface area contributed by atoms with Crippen molar-refractivity contribution in [1.82, 2.24) is 9.97 Å². The largest absolute Gasteiger partial charge is 0.428 e. The third-order valence-corrected chi connectivity index (χ3v) is 4.11. The van der Waals surface area contributed by atoms with Gasteiger partial charge in [-0.05, 0) is 36.5 Å². The highest BCUT2D eigenvalue weighted by atomic mass is 28.4. The second-order valence-electron chi connectivity index (χ2n) is 4.21. The Morgan fingerprint density at radius 1 is 1.00 bits per heavy atom. The van der Waals surface area contributed by atoms with E-state index in [1.54, 1.807) is 12.4 Å². The van der Waals surface area contributed by atoms with Gasteiger partial charge in [0, 0.05) is 12.4 Å². The van der Waals surface area contributed by atoms with E-state index in [1.165, 1.54) is 0 Å². The van der Waals surface area contributed by atoms with Gasteiger partial charge in [-0.3, -0.25) is 9.97 Å². The maximum atomic E-state index is 9.93. The van der Waals surface area contributed by atoms with Crippen LogP contribution in [0.5, 0.6) is 0 Å². The highest BCUT2D eigenvalue weighted by Crippen LogP contribution is 2.11. The summed E-state index contributed by atoms with van der Waals surface area (Å²) in [7, 11) is -2.24. The molecule has 0 bridgehead atoms. The zero-order valence-corrected chi connectivity index (χ0v) is 10.4. The predicted molar refractivity (Wildman–Crippen MR) is 66.8 cm³/mol. The van der Waals surface area contributed by atoms with Gasteiger partial charge in [0.25, 0.3) is 0 Å². The van der Waals surface area contributed by atoms with Gasteiger partial charge in [0.2, 0.25) is 8.32 Å². The molecule has 0 saturated heterocycles. The summed E-state index contributed by atoms with van der Waals surface area (Å²) in [5.41, 5.74) is 1.69. The Kier molecular flexibility index (Phi) is 2.85. The van der Waals surface area contributed by atoms with Gasteiger partial charge < -0.3 is 4.80 Å². The molecule has 2 aromatic rings. The van der Waals surface area contributed by atoms with Crippen molar-refractivity contribution in [3.63, 3.8) is 0 Å². The van der Waals surface area contributed by atoms with Crippen LogP contribution in [0.3, 0.4) is 0 Å². The molecule has 0 aliphatic rings. The molecular weight excluding hydrogens is 216 g/mol. The van der Waals surface area contributed by atoms with Gasteiger partial charge in [0.05, 0.1) is 11.4 Å². The molecule has 0 amide bonds. The first-order valence-corrected chi connectivity index (χ1v) is 8.12. The predicted octanol–water partition coefficient (Wildman–Crippen LogP) is 1.55. The van der Waals surface area contributed by atoms with Gasteiger partial charge >= 0.3 is 0 Å². The van der Waals surface area contributed by atoms with Gasteiger partial charge in [-0.25, -0.2) is 0 Å². The molecule has 0 aliphatic carbocycles. The molecule has 2 rings (SSSR count). The van der Waals surface area contributed by atoms with Crippen molar-refractivity contribution in [3.05, 3.63) is 42.7 Å². The van der Waals surface area contributed by atoms with Gasteiger partial charge in [0.1, 0.15) is 0 Å². The topological polar surface area (TPSA) is 46.0 Å². The molecule has 0 spiro atoms. The average molecular weight is 230 g/mol. The Balaban J connectivity index is 2.34. The molecule has 0 aromatic carbocycles. The van der Waals surface area contributed by atoms with E-state index < -0.39 is 8.32 Å². The third-order valence-electron chi connectivity index (χ3n) is 2.40. The lowest BCUT2D eigenvalue weighted by molar-refractivity contribution is 0.568. The first-order chi connectivity index (χ1) is 7.57. The van der Waals surface area contributed by atoms with Gasteiger partial charge in [-0.1, -0.05) is 12.1 Å². The number of pyridine rings is 2. The van der Waals surface area contributed by atoms with Crippen molar-refractivity contribution in [2.75, 3.05) is 0 Å². The van der Waals surface area contributed by atoms with Gasteiger partial charge in [-0.15, -0.1) is 0 Å². The van der Waals surface area contributed by atoms with E-state index in [1.807, 2.05) is 43.4 Å². The van der Waals surface area contributed by atoms with Crippen LogP contribution in [0.1, 0.15) is 0 Å². The van der Waals surface area contributed by atoms with Crippen molar-refractivity contribution in [3.8, 4) is 11.4 Å². The molecule has 0 radical (unpaired) electrons. The molecule has 0 fully saturated rings. The van der Waals surface area contributed by atoms with Crippen LogP contribution in [0.15, 0.2) is 42.7 Å². The standard InChI is InChI=1S/C12H14N2OSi/c1-16(2,15)10-6-7-12(14-9-10)11-5-3-4-8-13-11/h3-9,15H,1-2H3. The second kappa shape index (κ2) is 4.15. The summed E-state index contributed by atoms with van der Waals surface area (Å²) >= 11 is 0. The monoisotopic (exact) mass is 230 g/mol. The SMILES string of the molecule is C[Si](C)(O)c1ccc(-c2ccccn2)nc1. The van der Waals surface area contributed by atoms with Gasteiger partial charge in [-0.2, -0.15) is 0 Å². The molecule has 0 atom stereocenters. The summed E-state index contributed by atoms with van der Waals surface area (Å²) in [5.74, 6) is 0. The molecule has 0 saturated carbocycles. The fourth-order valence-electron chi connectivity index (χ4n) is 1.42. The molecule has 0 aliphatic heterocycles. The lowest BCUT2D eigenvalue weighted by atomic mass is 10.2. The van der Waals surface area contributed by atoms with Crippen molar-refractivity contribution in [2.45, 2.75) is 13.1 Å². The van der Waals surface area contributed by atoms with E-state index >= 15 is 0 Å². The number of nitrogens with zero attached hydrogens (tertiary/aromatic N) is 2. The fraction of sp³-hybridized carbons (Fsp3) is 0.167. The molecule has 3 nitrogen and oxygen atoms in total. The first kappa shape index (κ1) is 11.0. The number of aromatic nitrogens is 2. The maximum absolute atomic E-state index is 9.93. The highest BCUT2D eigenvalue weighted by molar-refractivity contribution is 6.83. The molecule has 82 valence electrons. The van der Waals surface area contributed by atoms with Gasteiger partial charge in [0.15, 0.2) is 0 Å². The zero-order valence-electron chi connectivity index (χ0n) is 9.38. The smallest absolute Gasteiger partial charge is 0.215 e. The third kappa shape index (κ3) is 2.34. The van der Waals surface area contributed by atoms with Crippen LogP contribution in [-0.4, -0.2) is 23.1 Å². The van der Waals surface area contributed by atoms with Crippen LogP contribution in [0, 0.1) is 0 Å². The Bertz CT molecular complexity index is 463. The van der Waals surface area contributed by atoms with Crippen LogP contribution in [0.2, 0.25) is 13.1 Å². The normalized spacial score (nSPS) is 11.4. The summed E-state index contributed by atoms with van der Waals surface area (Å²) in [5, 5.41) is 0.937. The van der Waals surface area contributed by atoms with E-state index in [0.29, 0.717) is 0 Å². The fourth-order valence-corrected chi connectivity index (χ4v) is 2.29. The molecule has 2 aromatic heterocycles. The minimum atomic E-state index is -2.24. The summed E-state index contributed by atoms with van der Waals surface area (Å²) in [4.78, 5) is 18.5. The maximum Gasteiger partial charge on any atom is 0.215 e. The minimum Gasteiger partial charge on any atom is -0.428 e. The molecular formula is C12H14N2OSi. The van der Waals surface area contributed by atoms with Crippen molar-refractivity contribution in [2.24, 2.45) is 0 Å². The Hall–Kier alpha value is -1.52. The van der Waals surface area contributed by atoms with Crippen LogP contribution < -0.4 is 5.19 Å². The van der Waals surface area contributed by atoms with Crippen LogP contribution in [0.25, 0.3) is 11.4 Å². The summed E-state index contributed by atoms with van der Waals surface area (Å²) in [6.45, 7) is 3.76. The van der Waals surface area contributed by atoms with E-state index in [0.717, 1.165) is 16.6 Å². The van der Waals surface area contributed by atoms with E-state index in [-0.39, 0.29) is 0 Å². The minimum absolute atomic E-state index is 0.836. The van der Waals surface area contributed by atoms with Crippen molar-refractivity contribution >= 4 is 13.5 Å². The molecule has 16 heavy (non-hydrogen) atoms. The lowest BCUT2D eigenvalue weighted by Gasteiger charge is -2.13.